The highest BCUT2D eigenvalue weighted by Gasteiger charge is 2.35. The number of carbonyl (C=O) groups excluding carboxylic acids is 2. The van der Waals surface area contributed by atoms with E-state index in [2.05, 4.69) is 0 Å². The van der Waals surface area contributed by atoms with Crippen molar-refractivity contribution in [3.05, 3.63) is 97.4 Å². The smallest absolute Gasteiger partial charge is 0.318 e. The molecule has 1 heterocycles. The first-order valence-corrected chi connectivity index (χ1v) is 11.8. The van der Waals surface area contributed by atoms with Gasteiger partial charge in [0.25, 0.3) is 16.8 Å². The van der Waals surface area contributed by atoms with E-state index in [1.54, 1.807) is 36.4 Å². The summed E-state index contributed by atoms with van der Waals surface area (Å²) in [7, 11) is 1.36. The SMILES string of the molecule is COc1cccc(/C=C2\SC(=O)N(CCOc3ccccc3)C2=O)c1Oc1ccc([N+](=O)[O-])cc1[N+](=O)[O-]. The van der Waals surface area contributed by atoms with Gasteiger partial charge >= 0.3 is 5.69 Å². The summed E-state index contributed by atoms with van der Waals surface area (Å²) in [6.45, 7) is 0.139. The van der Waals surface area contributed by atoms with Gasteiger partial charge in [-0.3, -0.25) is 34.7 Å². The van der Waals surface area contributed by atoms with Crippen molar-refractivity contribution in [3.8, 4) is 23.0 Å². The van der Waals surface area contributed by atoms with Crippen molar-refractivity contribution in [2.24, 2.45) is 0 Å². The summed E-state index contributed by atoms with van der Waals surface area (Å²) in [4.78, 5) is 47.7. The fraction of sp³-hybridized carbons (Fsp3) is 0.120. The molecule has 1 saturated heterocycles. The molecule has 194 valence electrons. The molecule has 1 aliphatic heterocycles. The van der Waals surface area contributed by atoms with Crippen molar-refractivity contribution in [2.75, 3.05) is 20.3 Å². The topological polar surface area (TPSA) is 151 Å². The number of benzene rings is 3. The van der Waals surface area contributed by atoms with E-state index in [1.165, 1.54) is 19.3 Å². The number of nitro groups is 2. The van der Waals surface area contributed by atoms with Gasteiger partial charge in [-0.15, -0.1) is 0 Å². The van der Waals surface area contributed by atoms with Crippen molar-refractivity contribution < 1.29 is 33.6 Å². The molecule has 0 unspecified atom stereocenters. The minimum Gasteiger partial charge on any atom is -0.493 e. The minimum absolute atomic E-state index is 0.0196. The van der Waals surface area contributed by atoms with Crippen LogP contribution in [-0.2, 0) is 4.79 Å². The number of rotatable bonds is 10. The third kappa shape index (κ3) is 5.73. The van der Waals surface area contributed by atoms with Gasteiger partial charge in [-0.05, 0) is 42.1 Å². The van der Waals surface area contributed by atoms with Gasteiger partial charge in [0.2, 0.25) is 5.75 Å². The highest BCUT2D eigenvalue weighted by atomic mass is 32.2. The van der Waals surface area contributed by atoms with Crippen molar-refractivity contribution in [3.63, 3.8) is 0 Å². The molecule has 12 nitrogen and oxygen atoms in total. The zero-order valence-corrected chi connectivity index (χ0v) is 20.6. The Kier molecular flexibility index (Phi) is 7.87. The molecular weight excluding hydrogens is 518 g/mol. The number of para-hydroxylation sites is 2. The van der Waals surface area contributed by atoms with E-state index in [4.69, 9.17) is 14.2 Å². The van der Waals surface area contributed by atoms with Gasteiger partial charge in [0.05, 0.1) is 34.5 Å². The predicted molar refractivity (Wildman–Crippen MR) is 137 cm³/mol. The van der Waals surface area contributed by atoms with Crippen LogP contribution in [0.2, 0.25) is 0 Å². The maximum absolute atomic E-state index is 13.0. The number of hydrogen-bond donors (Lipinski definition) is 0. The quantitative estimate of drug-likeness (QED) is 0.186. The average Bonchev–Trinajstić information content (AvgIpc) is 3.17. The molecule has 3 aromatic carbocycles. The summed E-state index contributed by atoms with van der Waals surface area (Å²) >= 11 is 0.728. The highest BCUT2D eigenvalue weighted by molar-refractivity contribution is 8.18. The Balaban J connectivity index is 1.60. The van der Waals surface area contributed by atoms with Crippen molar-refractivity contribution in [1.29, 1.82) is 0 Å². The number of hydrogen-bond acceptors (Lipinski definition) is 10. The van der Waals surface area contributed by atoms with Crippen LogP contribution in [0.15, 0.2) is 71.6 Å². The van der Waals surface area contributed by atoms with E-state index in [1.807, 2.05) is 6.07 Å². The Morgan fingerprint density at radius 1 is 0.947 bits per heavy atom. The van der Waals surface area contributed by atoms with Gasteiger partial charge in [0, 0.05) is 11.6 Å². The largest absolute Gasteiger partial charge is 0.493 e. The van der Waals surface area contributed by atoms with E-state index in [-0.39, 0.29) is 35.3 Å². The number of carbonyl (C=O) groups is 2. The molecule has 0 aromatic heterocycles. The van der Waals surface area contributed by atoms with Crippen molar-refractivity contribution in [2.45, 2.75) is 0 Å². The van der Waals surface area contributed by atoms with Gasteiger partial charge in [-0.25, -0.2) is 0 Å². The van der Waals surface area contributed by atoms with E-state index >= 15 is 0 Å². The van der Waals surface area contributed by atoms with Crippen LogP contribution in [0.3, 0.4) is 0 Å². The van der Waals surface area contributed by atoms with Crippen LogP contribution < -0.4 is 14.2 Å². The Morgan fingerprint density at radius 3 is 2.39 bits per heavy atom. The number of amides is 2. The van der Waals surface area contributed by atoms with E-state index in [9.17, 15) is 29.8 Å². The Morgan fingerprint density at radius 2 is 1.71 bits per heavy atom. The monoisotopic (exact) mass is 537 g/mol. The molecule has 0 saturated carbocycles. The molecule has 2 amide bonds. The van der Waals surface area contributed by atoms with Gasteiger partial charge in [-0.1, -0.05) is 30.3 Å². The maximum atomic E-state index is 13.0. The van der Waals surface area contributed by atoms with Crippen LogP contribution in [0.1, 0.15) is 5.56 Å². The van der Waals surface area contributed by atoms with E-state index < -0.39 is 32.4 Å². The molecule has 13 heteroatoms. The molecule has 0 N–H and O–H groups in total. The molecule has 0 spiro atoms. The molecule has 0 bridgehead atoms. The molecule has 0 radical (unpaired) electrons. The second-order valence-electron chi connectivity index (χ2n) is 7.64. The van der Waals surface area contributed by atoms with Crippen molar-refractivity contribution >= 4 is 40.4 Å². The first-order chi connectivity index (χ1) is 18.3. The summed E-state index contributed by atoms with van der Waals surface area (Å²) in [5.41, 5.74) is -0.813. The third-order valence-electron chi connectivity index (χ3n) is 5.28. The van der Waals surface area contributed by atoms with Gasteiger partial charge in [0.15, 0.2) is 11.5 Å². The lowest BCUT2D eigenvalue weighted by Crippen LogP contribution is -2.32. The number of ether oxygens (including phenoxy) is 3. The number of nitro benzene ring substituents is 2. The summed E-state index contributed by atoms with van der Waals surface area (Å²) < 4.78 is 16.7. The summed E-state index contributed by atoms with van der Waals surface area (Å²) in [5, 5.41) is 22.1. The second kappa shape index (κ2) is 11.4. The highest BCUT2D eigenvalue weighted by Crippen LogP contribution is 2.42. The molecule has 1 fully saturated rings. The molecule has 3 aromatic rings. The van der Waals surface area contributed by atoms with E-state index in [0.717, 1.165) is 34.9 Å². The fourth-order valence-corrected chi connectivity index (χ4v) is 4.34. The lowest BCUT2D eigenvalue weighted by Gasteiger charge is -2.14. The third-order valence-corrected chi connectivity index (χ3v) is 6.19. The number of imide groups is 1. The second-order valence-corrected chi connectivity index (χ2v) is 8.63. The molecular formula is C25H19N3O9S. The first kappa shape index (κ1) is 26.2. The van der Waals surface area contributed by atoms with Crippen LogP contribution >= 0.6 is 11.8 Å². The maximum Gasteiger partial charge on any atom is 0.318 e. The normalized spacial score (nSPS) is 14.0. The average molecular weight is 538 g/mol. The van der Waals surface area contributed by atoms with Crippen molar-refractivity contribution in [1.82, 2.24) is 4.90 Å². The Bertz CT molecular complexity index is 1440. The standard InChI is InChI=1S/C25H19N3O9S/c1-35-21-9-5-6-16(23(21)37-20-11-10-17(27(31)32)15-19(20)28(33)34)14-22-24(29)26(25(30)38-22)12-13-36-18-7-3-2-4-8-18/h2-11,14-15H,12-13H2,1H3/b22-14-. The van der Waals surface area contributed by atoms with Gasteiger partial charge in [-0.2, -0.15) is 0 Å². The number of methoxy groups -OCH3 is 1. The van der Waals surface area contributed by atoms with Crippen LogP contribution in [-0.4, -0.2) is 46.2 Å². The molecule has 0 atom stereocenters. The lowest BCUT2D eigenvalue weighted by molar-refractivity contribution is -0.394. The Labute approximate surface area is 219 Å². The van der Waals surface area contributed by atoms with Crippen LogP contribution in [0.5, 0.6) is 23.0 Å². The number of thioether (sulfide) groups is 1. The summed E-state index contributed by atoms with van der Waals surface area (Å²) in [6.07, 6.45) is 1.41. The van der Waals surface area contributed by atoms with Gasteiger partial charge < -0.3 is 14.2 Å². The zero-order valence-electron chi connectivity index (χ0n) is 19.8. The van der Waals surface area contributed by atoms with Crippen LogP contribution in [0, 0.1) is 20.2 Å². The molecule has 1 aliphatic rings. The summed E-state index contributed by atoms with van der Waals surface area (Å²) in [6, 6.07) is 16.6. The Hall–Kier alpha value is -4.91. The van der Waals surface area contributed by atoms with Crippen LogP contribution in [0.4, 0.5) is 16.2 Å². The predicted octanol–water partition coefficient (Wildman–Crippen LogP) is 5.42. The fourth-order valence-electron chi connectivity index (χ4n) is 3.48. The first-order valence-electron chi connectivity index (χ1n) is 11.0. The number of nitrogens with zero attached hydrogens (tertiary/aromatic N) is 3. The molecule has 4 rings (SSSR count). The molecule has 0 aliphatic carbocycles. The minimum atomic E-state index is -0.805. The lowest BCUT2D eigenvalue weighted by atomic mass is 10.1. The van der Waals surface area contributed by atoms with E-state index in [0.29, 0.717) is 11.3 Å². The number of non-ortho nitro benzene ring substituents is 1. The van der Waals surface area contributed by atoms with Crippen LogP contribution in [0.25, 0.3) is 6.08 Å². The summed E-state index contributed by atoms with van der Waals surface area (Å²) in [5.74, 6) is -0.000705. The molecule has 38 heavy (non-hydrogen) atoms. The van der Waals surface area contributed by atoms with Gasteiger partial charge in [0.1, 0.15) is 12.4 Å². The zero-order chi connectivity index (χ0) is 27.2.